The van der Waals surface area contributed by atoms with Crippen molar-refractivity contribution in [3.05, 3.63) is 41.3 Å². The Kier molecular flexibility index (Phi) is 3.08. The average molecular weight is 289 g/mol. The van der Waals surface area contributed by atoms with Crippen LogP contribution in [0.15, 0.2) is 35.0 Å². The van der Waals surface area contributed by atoms with Gasteiger partial charge in [0, 0.05) is 6.20 Å². The van der Waals surface area contributed by atoms with Gasteiger partial charge in [-0.05, 0) is 31.2 Å². The summed E-state index contributed by atoms with van der Waals surface area (Å²) in [5.41, 5.74) is 1.03. The third-order valence-electron chi connectivity index (χ3n) is 2.61. The summed E-state index contributed by atoms with van der Waals surface area (Å²) < 4.78 is 5.16. The molecule has 2 heterocycles. The normalized spacial score (nSPS) is 10.7. The second kappa shape index (κ2) is 4.90. The van der Waals surface area contributed by atoms with E-state index < -0.39 is 0 Å². The van der Waals surface area contributed by atoms with E-state index in [0.717, 1.165) is 0 Å². The largest absolute Gasteiger partial charge is 0.508 e. The molecular formula is C13H9ClN4O2. The summed E-state index contributed by atoms with van der Waals surface area (Å²) in [5.74, 6) is 1.24. The molecule has 0 spiro atoms. The van der Waals surface area contributed by atoms with Crippen molar-refractivity contribution in [2.45, 2.75) is 6.92 Å². The number of halogens is 1. The summed E-state index contributed by atoms with van der Waals surface area (Å²) in [6, 6.07) is 6.19. The molecule has 0 aliphatic rings. The standard InChI is InChI=1S/C13H9ClN4O2/c1-7-15-5-4-11(16-7)12-17-13(20-18-12)9-6-8(19)2-3-10(9)14/h2-6,19H,1H3. The lowest BCUT2D eigenvalue weighted by atomic mass is 10.2. The fraction of sp³-hybridized carbons (Fsp3) is 0.0769. The second-order valence-electron chi connectivity index (χ2n) is 4.08. The van der Waals surface area contributed by atoms with E-state index in [0.29, 0.717) is 27.9 Å². The number of nitrogens with zero attached hydrogens (tertiary/aromatic N) is 4. The summed E-state index contributed by atoms with van der Waals surface area (Å²) in [6.45, 7) is 1.77. The van der Waals surface area contributed by atoms with Crippen LogP contribution < -0.4 is 0 Å². The minimum atomic E-state index is 0.0713. The Balaban J connectivity index is 2.04. The van der Waals surface area contributed by atoms with Gasteiger partial charge in [-0.2, -0.15) is 4.98 Å². The lowest BCUT2D eigenvalue weighted by Gasteiger charge is -1.98. The fourth-order valence-electron chi connectivity index (χ4n) is 1.69. The Bertz CT molecular complexity index is 773. The molecule has 0 unspecified atom stereocenters. The van der Waals surface area contributed by atoms with Gasteiger partial charge in [0.05, 0.1) is 10.6 Å². The highest BCUT2D eigenvalue weighted by Crippen LogP contribution is 2.30. The van der Waals surface area contributed by atoms with Gasteiger partial charge >= 0.3 is 0 Å². The van der Waals surface area contributed by atoms with Crippen molar-refractivity contribution in [1.29, 1.82) is 0 Å². The summed E-state index contributed by atoms with van der Waals surface area (Å²) in [6.07, 6.45) is 1.62. The van der Waals surface area contributed by atoms with Crippen molar-refractivity contribution < 1.29 is 9.63 Å². The van der Waals surface area contributed by atoms with Crippen molar-refractivity contribution in [3.63, 3.8) is 0 Å². The molecule has 1 N–H and O–H groups in total. The van der Waals surface area contributed by atoms with Gasteiger partial charge in [-0.25, -0.2) is 9.97 Å². The van der Waals surface area contributed by atoms with Crippen LogP contribution in [-0.2, 0) is 0 Å². The van der Waals surface area contributed by atoms with Gasteiger partial charge in [0.25, 0.3) is 5.89 Å². The van der Waals surface area contributed by atoms with E-state index in [1.165, 1.54) is 12.1 Å². The molecule has 0 bridgehead atoms. The Morgan fingerprint density at radius 3 is 2.85 bits per heavy atom. The van der Waals surface area contributed by atoms with Gasteiger partial charge < -0.3 is 9.63 Å². The Morgan fingerprint density at radius 1 is 1.20 bits per heavy atom. The van der Waals surface area contributed by atoms with Crippen LogP contribution in [0, 0.1) is 6.92 Å². The highest BCUT2D eigenvalue weighted by atomic mass is 35.5. The number of hydrogen-bond donors (Lipinski definition) is 1. The molecule has 0 aliphatic heterocycles. The van der Waals surface area contributed by atoms with Crippen LogP contribution >= 0.6 is 11.6 Å². The van der Waals surface area contributed by atoms with Crippen molar-refractivity contribution >= 4 is 11.6 Å². The molecule has 0 atom stereocenters. The zero-order valence-corrected chi connectivity index (χ0v) is 11.2. The van der Waals surface area contributed by atoms with E-state index in [-0.39, 0.29) is 11.6 Å². The molecule has 2 aromatic heterocycles. The molecule has 3 rings (SSSR count). The first kappa shape index (κ1) is 12.6. The van der Waals surface area contributed by atoms with Gasteiger partial charge in [-0.15, -0.1) is 0 Å². The molecule has 1 aromatic carbocycles. The molecular weight excluding hydrogens is 280 g/mol. The number of rotatable bonds is 2. The fourth-order valence-corrected chi connectivity index (χ4v) is 1.89. The topological polar surface area (TPSA) is 84.9 Å². The van der Waals surface area contributed by atoms with Crippen LogP contribution in [0.1, 0.15) is 5.82 Å². The number of aromatic nitrogens is 4. The first-order valence-electron chi connectivity index (χ1n) is 5.76. The van der Waals surface area contributed by atoms with Gasteiger partial charge in [-0.1, -0.05) is 16.8 Å². The molecule has 3 aromatic rings. The molecule has 0 saturated heterocycles. The monoisotopic (exact) mass is 288 g/mol. The first-order chi connectivity index (χ1) is 9.63. The van der Waals surface area contributed by atoms with Crippen molar-refractivity contribution in [2.75, 3.05) is 0 Å². The maximum absolute atomic E-state index is 9.49. The highest BCUT2D eigenvalue weighted by Gasteiger charge is 2.15. The van der Waals surface area contributed by atoms with Crippen molar-refractivity contribution in [1.82, 2.24) is 20.1 Å². The van der Waals surface area contributed by atoms with E-state index in [2.05, 4.69) is 20.1 Å². The maximum atomic E-state index is 9.49. The third kappa shape index (κ3) is 2.33. The van der Waals surface area contributed by atoms with Gasteiger partial charge in [0.2, 0.25) is 5.82 Å². The van der Waals surface area contributed by atoms with E-state index in [1.807, 2.05) is 0 Å². The molecule has 0 saturated carbocycles. The van der Waals surface area contributed by atoms with Crippen LogP contribution in [0.25, 0.3) is 23.0 Å². The number of hydrogen-bond acceptors (Lipinski definition) is 6. The number of phenols is 1. The zero-order chi connectivity index (χ0) is 14.1. The number of aromatic hydroxyl groups is 1. The van der Waals surface area contributed by atoms with Crippen LogP contribution in [0.4, 0.5) is 0 Å². The van der Waals surface area contributed by atoms with E-state index >= 15 is 0 Å². The van der Waals surface area contributed by atoms with Gasteiger partial charge in [-0.3, -0.25) is 0 Å². The van der Waals surface area contributed by atoms with Crippen molar-refractivity contribution in [3.8, 4) is 28.7 Å². The predicted molar refractivity (Wildman–Crippen MR) is 72.2 cm³/mol. The minimum Gasteiger partial charge on any atom is -0.508 e. The Labute approximate surface area is 119 Å². The van der Waals surface area contributed by atoms with Gasteiger partial charge in [0.1, 0.15) is 17.3 Å². The zero-order valence-electron chi connectivity index (χ0n) is 10.4. The summed E-state index contributed by atoms with van der Waals surface area (Å²) in [7, 11) is 0. The lowest BCUT2D eigenvalue weighted by Crippen LogP contribution is -1.91. The quantitative estimate of drug-likeness (QED) is 0.780. The molecule has 0 aliphatic carbocycles. The molecule has 100 valence electrons. The van der Waals surface area contributed by atoms with Crippen LogP contribution in [0.3, 0.4) is 0 Å². The molecule has 6 nitrogen and oxygen atoms in total. The molecule has 0 amide bonds. The predicted octanol–water partition coefficient (Wildman–Crippen LogP) is 2.86. The summed E-state index contributed by atoms with van der Waals surface area (Å²) >= 11 is 6.05. The lowest BCUT2D eigenvalue weighted by molar-refractivity contribution is 0.431. The summed E-state index contributed by atoms with van der Waals surface area (Å²) in [5, 5.41) is 13.8. The van der Waals surface area contributed by atoms with Crippen molar-refractivity contribution in [2.24, 2.45) is 0 Å². The Hall–Kier alpha value is -2.47. The van der Waals surface area contributed by atoms with Crippen LogP contribution in [-0.4, -0.2) is 25.2 Å². The van der Waals surface area contributed by atoms with Crippen LogP contribution in [0.5, 0.6) is 5.75 Å². The van der Waals surface area contributed by atoms with E-state index in [9.17, 15) is 5.11 Å². The number of benzene rings is 1. The van der Waals surface area contributed by atoms with E-state index in [4.69, 9.17) is 16.1 Å². The average Bonchev–Trinajstić information content (AvgIpc) is 2.91. The van der Waals surface area contributed by atoms with E-state index in [1.54, 1.807) is 25.3 Å². The van der Waals surface area contributed by atoms with Crippen LogP contribution in [0.2, 0.25) is 5.02 Å². The molecule has 0 radical (unpaired) electrons. The maximum Gasteiger partial charge on any atom is 0.259 e. The minimum absolute atomic E-state index is 0.0713. The highest BCUT2D eigenvalue weighted by molar-refractivity contribution is 6.33. The SMILES string of the molecule is Cc1nccc(-c2noc(-c3cc(O)ccc3Cl)n2)n1. The molecule has 0 fully saturated rings. The molecule has 20 heavy (non-hydrogen) atoms. The smallest absolute Gasteiger partial charge is 0.259 e. The first-order valence-corrected chi connectivity index (χ1v) is 6.14. The molecule has 7 heteroatoms. The summed E-state index contributed by atoms with van der Waals surface area (Å²) in [4.78, 5) is 12.4. The number of phenolic OH excluding ortho intramolecular Hbond substituents is 1. The second-order valence-corrected chi connectivity index (χ2v) is 4.48. The van der Waals surface area contributed by atoms with Gasteiger partial charge in [0.15, 0.2) is 0 Å². The number of aryl methyl sites for hydroxylation is 1. The third-order valence-corrected chi connectivity index (χ3v) is 2.94. The Morgan fingerprint density at radius 2 is 2.05 bits per heavy atom.